The van der Waals surface area contributed by atoms with Gasteiger partial charge in [0.25, 0.3) is 0 Å². The van der Waals surface area contributed by atoms with Gasteiger partial charge in [-0.1, -0.05) is 18.2 Å². The van der Waals surface area contributed by atoms with Crippen molar-refractivity contribution in [3.05, 3.63) is 29.8 Å². The van der Waals surface area contributed by atoms with Crippen LogP contribution in [0.15, 0.2) is 24.3 Å². The normalized spacial score (nSPS) is 34.5. The zero-order chi connectivity index (χ0) is 9.54. The van der Waals surface area contributed by atoms with Crippen molar-refractivity contribution in [2.24, 2.45) is 0 Å². The van der Waals surface area contributed by atoms with Crippen LogP contribution in [0.2, 0.25) is 0 Å². The smallest absolute Gasteiger partial charge is 0.0975 e. The van der Waals surface area contributed by atoms with Crippen LogP contribution < -0.4 is 5.32 Å². The molecule has 1 saturated heterocycles. The van der Waals surface area contributed by atoms with Gasteiger partial charge in [-0.2, -0.15) is 0 Å². The van der Waals surface area contributed by atoms with E-state index in [9.17, 15) is 5.11 Å². The first kappa shape index (κ1) is 8.26. The Labute approximate surface area is 82.7 Å². The Balaban J connectivity index is 2.02. The molecule has 0 aromatic heterocycles. The van der Waals surface area contributed by atoms with Gasteiger partial charge in [0.05, 0.1) is 24.9 Å². The Morgan fingerprint density at radius 3 is 3.14 bits per heavy atom. The average Bonchev–Trinajstić information content (AvgIpc) is 2.24. The van der Waals surface area contributed by atoms with Crippen molar-refractivity contribution >= 4 is 5.69 Å². The number of nitrogens with one attached hydrogen (secondary N) is 1. The molecule has 14 heavy (non-hydrogen) atoms. The van der Waals surface area contributed by atoms with Crippen molar-refractivity contribution in [2.45, 2.75) is 24.7 Å². The number of benzene rings is 1. The van der Waals surface area contributed by atoms with Gasteiger partial charge < -0.3 is 15.2 Å². The molecule has 2 aliphatic rings. The summed E-state index contributed by atoms with van der Waals surface area (Å²) in [4.78, 5) is 0. The third-order valence-corrected chi connectivity index (χ3v) is 3.05. The minimum atomic E-state index is -0.375. The Kier molecular flexibility index (Phi) is 1.75. The summed E-state index contributed by atoms with van der Waals surface area (Å²) in [5.41, 5.74) is 2.32. The van der Waals surface area contributed by atoms with Crippen LogP contribution in [0.5, 0.6) is 0 Å². The molecule has 0 aliphatic carbocycles. The second-order valence-electron chi connectivity index (χ2n) is 3.96. The lowest BCUT2D eigenvalue weighted by atomic mass is 9.90. The lowest BCUT2D eigenvalue weighted by Gasteiger charge is -2.40. The summed E-state index contributed by atoms with van der Waals surface area (Å²) in [5.74, 6) is 0. The van der Waals surface area contributed by atoms with Gasteiger partial charge in [-0.15, -0.1) is 0 Å². The monoisotopic (exact) mass is 191 g/mol. The number of fused-ring (bicyclic) bond motifs is 4. The van der Waals surface area contributed by atoms with E-state index in [2.05, 4.69) is 11.4 Å². The molecular weight excluding hydrogens is 178 g/mol. The number of ether oxygens (including phenoxy) is 1. The minimum Gasteiger partial charge on any atom is -0.389 e. The molecule has 0 saturated carbocycles. The third-order valence-electron chi connectivity index (χ3n) is 3.05. The average molecular weight is 191 g/mol. The zero-order valence-corrected chi connectivity index (χ0v) is 7.81. The molecule has 3 rings (SSSR count). The highest BCUT2D eigenvalue weighted by molar-refractivity contribution is 5.55. The quantitative estimate of drug-likeness (QED) is 0.649. The van der Waals surface area contributed by atoms with Crippen LogP contribution >= 0.6 is 0 Å². The topological polar surface area (TPSA) is 41.5 Å². The maximum absolute atomic E-state index is 9.66. The van der Waals surface area contributed by atoms with E-state index in [1.54, 1.807) is 0 Å². The van der Waals surface area contributed by atoms with Gasteiger partial charge in [-0.25, -0.2) is 0 Å². The second kappa shape index (κ2) is 2.97. The molecule has 1 aromatic rings. The highest BCUT2D eigenvalue weighted by Crippen LogP contribution is 2.38. The molecule has 2 heterocycles. The van der Waals surface area contributed by atoms with E-state index in [1.807, 2.05) is 18.2 Å². The maximum Gasteiger partial charge on any atom is 0.0975 e. The number of hydrogen-bond donors (Lipinski definition) is 2. The highest BCUT2D eigenvalue weighted by atomic mass is 16.5. The fourth-order valence-corrected chi connectivity index (χ4v) is 2.27. The number of rotatable bonds is 0. The van der Waals surface area contributed by atoms with Crippen LogP contribution in [0.4, 0.5) is 5.69 Å². The maximum atomic E-state index is 9.66. The van der Waals surface area contributed by atoms with Crippen molar-refractivity contribution in [1.29, 1.82) is 0 Å². The first-order valence-electron chi connectivity index (χ1n) is 5.00. The van der Waals surface area contributed by atoms with Crippen LogP contribution in [0, 0.1) is 0 Å². The first-order valence-corrected chi connectivity index (χ1v) is 5.00. The summed E-state index contributed by atoms with van der Waals surface area (Å²) in [6.45, 7) is 0.441. The van der Waals surface area contributed by atoms with Crippen LogP contribution in [-0.4, -0.2) is 23.9 Å². The fraction of sp³-hybridized carbons (Fsp3) is 0.455. The molecule has 1 aromatic carbocycles. The van der Waals surface area contributed by atoms with Crippen LogP contribution in [-0.2, 0) is 4.74 Å². The van der Waals surface area contributed by atoms with Crippen LogP contribution in [0.1, 0.15) is 18.1 Å². The van der Waals surface area contributed by atoms with Crippen LogP contribution in [0.25, 0.3) is 0 Å². The molecule has 3 heteroatoms. The standard InChI is InChI=1S/C11H13NO2/c13-10-6-14-11-5-9(10)12-8-4-2-1-3-7(8)11/h1-4,9-13H,5-6H2/t9-,10-,11-/m0/s1. The van der Waals surface area contributed by atoms with Gasteiger partial charge in [0, 0.05) is 17.7 Å². The van der Waals surface area contributed by atoms with E-state index < -0.39 is 0 Å². The summed E-state index contributed by atoms with van der Waals surface area (Å²) in [6, 6.07) is 8.30. The molecule has 0 radical (unpaired) electrons. The van der Waals surface area contributed by atoms with Gasteiger partial charge in [-0.3, -0.25) is 0 Å². The summed E-state index contributed by atoms with van der Waals surface area (Å²) < 4.78 is 5.60. The number of para-hydroxylation sites is 1. The van der Waals surface area contributed by atoms with Crippen molar-refractivity contribution in [3.63, 3.8) is 0 Å². The summed E-state index contributed by atoms with van der Waals surface area (Å²) in [7, 11) is 0. The van der Waals surface area contributed by atoms with E-state index in [4.69, 9.17) is 4.74 Å². The number of hydrogen-bond acceptors (Lipinski definition) is 3. The lowest BCUT2D eigenvalue weighted by Crippen LogP contribution is -2.45. The van der Waals surface area contributed by atoms with E-state index >= 15 is 0 Å². The first-order chi connectivity index (χ1) is 6.84. The molecule has 0 spiro atoms. The van der Waals surface area contributed by atoms with Gasteiger partial charge in [-0.05, 0) is 6.07 Å². The SMILES string of the molecule is O[C@H]1CO[C@H]2C[C@@H]1Nc1ccccc12. The molecular formula is C11H13NO2. The molecule has 0 unspecified atom stereocenters. The fourth-order valence-electron chi connectivity index (χ4n) is 2.27. The van der Waals surface area contributed by atoms with E-state index in [1.165, 1.54) is 5.56 Å². The van der Waals surface area contributed by atoms with Gasteiger partial charge >= 0.3 is 0 Å². The summed E-state index contributed by atoms with van der Waals surface area (Å²) >= 11 is 0. The third kappa shape index (κ3) is 1.13. The molecule has 2 bridgehead atoms. The molecule has 2 N–H and O–H groups in total. The molecule has 0 amide bonds. The van der Waals surface area contributed by atoms with Crippen LogP contribution in [0.3, 0.4) is 0 Å². The molecule has 3 atom stereocenters. The van der Waals surface area contributed by atoms with Crippen molar-refractivity contribution in [1.82, 2.24) is 0 Å². The number of aliphatic hydroxyl groups is 1. The van der Waals surface area contributed by atoms with E-state index in [0.29, 0.717) is 6.61 Å². The predicted molar refractivity (Wildman–Crippen MR) is 53.2 cm³/mol. The van der Waals surface area contributed by atoms with Gasteiger partial charge in [0.1, 0.15) is 0 Å². The molecule has 3 nitrogen and oxygen atoms in total. The van der Waals surface area contributed by atoms with Gasteiger partial charge in [0.15, 0.2) is 0 Å². The van der Waals surface area contributed by atoms with Crippen molar-refractivity contribution < 1.29 is 9.84 Å². The second-order valence-corrected chi connectivity index (χ2v) is 3.96. The molecule has 1 fully saturated rings. The predicted octanol–water partition coefficient (Wildman–Crippen LogP) is 1.30. The zero-order valence-electron chi connectivity index (χ0n) is 7.81. The summed E-state index contributed by atoms with van der Waals surface area (Å²) in [5, 5.41) is 13.0. The van der Waals surface area contributed by atoms with E-state index in [-0.39, 0.29) is 18.2 Å². The van der Waals surface area contributed by atoms with Crippen molar-refractivity contribution in [2.75, 3.05) is 11.9 Å². The van der Waals surface area contributed by atoms with E-state index in [0.717, 1.165) is 12.1 Å². The Morgan fingerprint density at radius 1 is 1.36 bits per heavy atom. The number of anilines is 1. The molecule has 2 aliphatic heterocycles. The Bertz CT molecular complexity index is 353. The number of aliphatic hydroxyl groups excluding tert-OH is 1. The Hall–Kier alpha value is -1.06. The minimum absolute atomic E-state index is 0.156. The van der Waals surface area contributed by atoms with Crippen molar-refractivity contribution in [3.8, 4) is 0 Å². The lowest BCUT2D eigenvalue weighted by molar-refractivity contribution is -0.0672. The van der Waals surface area contributed by atoms with Gasteiger partial charge in [0.2, 0.25) is 0 Å². The highest BCUT2D eigenvalue weighted by Gasteiger charge is 2.35. The Morgan fingerprint density at radius 2 is 2.21 bits per heavy atom. The largest absolute Gasteiger partial charge is 0.389 e. The summed E-state index contributed by atoms with van der Waals surface area (Å²) in [6.07, 6.45) is 0.665. The molecule has 74 valence electrons.